The lowest BCUT2D eigenvalue weighted by atomic mass is 10.2. The van der Waals surface area contributed by atoms with Gasteiger partial charge in [-0.15, -0.1) is 0 Å². The predicted octanol–water partition coefficient (Wildman–Crippen LogP) is 2.75. The van der Waals surface area contributed by atoms with Crippen molar-refractivity contribution in [2.75, 3.05) is 26.2 Å². The van der Waals surface area contributed by atoms with Crippen molar-refractivity contribution in [1.82, 2.24) is 9.80 Å². The molecule has 3 rings (SSSR count). The first-order valence-electron chi connectivity index (χ1n) is 8.91. The number of rotatable bonds is 4. The van der Waals surface area contributed by atoms with Gasteiger partial charge >= 0.3 is 0 Å². The Morgan fingerprint density at radius 1 is 0.885 bits per heavy atom. The average Bonchev–Trinajstić information content (AvgIpc) is 2.69. The van der Waals surface area contributed by atoms with Gasteiger partial charge in [0, 0.05) is 31.7 Å². The maximum absolute atomic E-state index is 12.6. The fraction of sp³-hybridized carbons (Fsp3) is 0.333. The zero-order valence-corrected chi connectivity index (χ0v) is 15.2. The second-order valence-electron chi connectivity index (χ2n) is 6.56. The fourth-order valence-corrected chi connectivity index (χ4v) is 3.02. The Balaban J connectivity index is 1.53. The summed E-state index contributed by atoms with van der Waals surface area (Å²) in [6.45, 7) is 5.91. The number of amides is 2. The Bertz CT molecular complexity index is 751. The summed E-state index contributed by atoms with van der Waals surface area (Å²) < 4.78 is 5.76. The molecule has 1 aliphatic heterocycles. The standard InChI is InChI=1S/C21H24N2O3/c1-16-8-10-19(11-9-16)26-17(2)20(24)22-12-14-23(15-13-22)21(25)18-6-4-3-5-7-18/h3-11,17H,12-15H2,1-2H3. The Kier molecular flexibility index (Phi) is 5.56. The molecule has 0 saturated carbocycles. The van der Waals surface area contributed by atoms with Gasteiger partial charge < -0.3 is 14.5 Å². The highest BCUT2D eigenvalue weighted by molar-refractivity contribution is 5.94. The van der Waals surface area contributed by atoms with Gasteiger partial charge in [-0.25, -0.2) is 0 Å². The van der Waals surface area contributed by atoms with Crippen molar-refractivity contribution in [2.45, 2.75) is 20.0 Å². The van der Waals surface area contributed by atoms with Gasteiger partial charge in [-0.05, 0) is 38.1 Å². The summed E-state index contributed by atoms with van der Waals surface area (Å²) in [4.78, 5) is 28.7. The van der Waals surface area contributed by atoms with Crippen LogP contribution in [0.4, 0.5) is 0 Å². The molecule has 1 saturated heterocycles. The molecule has 2 aromatic carbocycles. The molecule has 5 heteroatoms. The van der Waals surface area contributed by atoms with Gasteiger partial charge in [-0.1, -0.05) is 35.9 Å². The zero-order valence-electron chi connectivity index (χ0n) is 15.2. The monoisotopic (exact) mass is 352 g/mol. The normalized spacial score (nSPS) is 15.5. The number of nitrogens with zero attached hydrogens (tertiary/aromatic N) is 2. The number of hydrogen-bond donors (Lipinski definition) is 0. The minimum Gasteiger partial charge on any atom is -0.481 e. The van der Waals surface area contributed by atoms with Gasteiger partial charge in [0.25, 0.3) is 11.8 Å². The Morgan fingerprint density at radius 3 is 2.08 bits per heavy atom. The molecular weight excluding hydrogens is 328 g/mol. The molecule has 2 amide bonds. The predicted molar refractivity (Wildman–Crippen MR) is 100 cm³/mol. The second-order valence-corrected chi connectivity index (χ2v) is 6.56. The van der Waals surface area contributed by atoms with Crippen LogP contribution in [0, 0.1) is 6.92 Å². The molecule has 0 aliphatic carbocycles. The highest BCUT2D eigenvalue weighted by atomic mass is 16.5. The molecule has 0 spiro atoms. The van der Waals surface area contributed by atoms with Crippen molar-refractivity contribution in [3.63, 3.8) is 0 Å². The van der Waals surface area contributed by atoms with E-state index in [9.17, 15) is 9.59 Å². The first-order chi connectivity index (χ1) is 12.5. The van der Waals surface area contributed by atoms with Gasteiger partial charge in [-0.2, -0.15) is 0 Å². The molecule has 5 nitrogen and oxygen atoms in total. The number of piperazine rings is 1. The summed E-state index contributed by atoms with van der Waals surface area (Å²) in [5.41, 5.74) is 1.83. The molecule has 1 heterocycles. The molecular formula is C21H24N2O3. The van der Waals surface area contributed by atoms with Crippen molar-refractivity contribution in [2.24, 2.45) is 0 Å². The number of hydrogen-bond acceptors (Lipinski definition) is 3. The van der Waals surface area contributed by atoms with Crippen LogP contribution < -0.4 is 4.74 Å². The van der Waals surface area contributed by atoms with Crippen LogP contribution in [0.5, 0.6) is 5.75 Å². The van der Waals surface area contributed by atoms with Gasteiger partial charge in [0.1, 0.15) is 5.75 Å². The number of aryl methyl sites for hydroxylation is 1. The lowest BCUT2D eigenvalue weighted by Crippen LogP contribution is -2.53. The van der Waals surface area contributed by atoms with Gasteiger partial charge in [0.2, 0.25) is 0 Å². The number of carbonyl (C=O) groups is 2. The molecule has 0 aromatic heterocycles. The zero-order chi connectivity index (χ0) is 18.5. The van der Waals surface area contributed by atoms with Crippen molar-refractivity contribution in [3.05, 3.63) is 65.7 Å². The number of ether oxygens (including phenoxy) is 1. The smallest absolute Gasteiger partial charge is 0.263 e. The molecule has 2 aromatic rings. The third-order valence-corrected chi connectivity index (χ3v) is 4.58. The second kappa shape index (κ2) is 8.04. The summed E-state index contributed by atoms with van der Waals surface area (Å²) in [6.07, 6.45) is -0.547. The molecule has 1 unspecified atom stereocenters. The van der Waals surface area contributed by atoms with E-state index in [-0.39, 0.29) is 11.8 Å². The summed E-state index contributed by atoms with van der Waals surface area (Å²) in [5, 5.41) is 0. The van der Waals surface area contributed by atoms with Crippen molar-refractivity contribution < 1.29 is 14.3 Å². The van der Waals surface area contributed by atoms with Crippen LogP contribution in [-0.2, 0) is 4.79 Å². The van der Waals surface area contributed by atoms with Crippen LogP contribution in [0.3, 0.4) is 0 Å². The Hall–Kier alpha value is -2.82. The molecule has 1 aliphatic rings. The van der Waals surface area contributed by atoms with Gasteiger partial charge in [0.15, 0.2) is 6.10 Å². The van der Waals surface area contributed by atoms with E-state index in [2.05, 4.69) is 0 Å². The van der Waals surface area contributed by atoms with Gasteiger partial charge in [0.05, 0.1) is 0 Å². The minimum absolute atomic E-state index is 0.0154. The highest BCUT2D eigenvalue weighted by Gasteiger charge is 2.28. The first kappa shape index (κ1) is 18.0. The van der Waals surface area contributed by atoms with Crippen LogP contribution in [0.15, 0.2) is 54.6 Å². The van der Waals surface area contributed by atoms with Gasteiger partial charge in [-0.3, -0.25) is 9.59 Å². The van der Waals surface area contributed by atoms with E-state index < -0.39 is 6.10 Å². The summed E-state index contributed by atoms with van der Waals surface area (Å²) in [5.74, 6) is 0.661. The van der Waals surface area contributed by atoms with Crippen molar-refractivity contribution in [1.29, 1.82) is 0 Å². The maximum atomic E-state index is 12.6. The van der Waals surface area contributed by atoms with E-state index in [1.165, 1.54) is 0 Å². The van der Waals surface area contributed by atoms with Crippen molar-refractivity contribution >= 4 is 11.8 Å². The molecule has 136 valence electrons. The third-order valence-electron chi connectivity index (χ3n) is 4.58. The van der Waals surface area contributed by atoms with E-state index in [0.717, 1.165) is 5.56 Å². The van der Waals surface area contributed by atoms with E-state index in [1.807, 2.05) is 61.5 Å². The summed E-state index contributed by atoms with van der Waals surface area (Å²) in [7, 11) is 0. The van der Waals surface area contributed by atoms with Crippen LogP contribution >= 0.6 is 0 Å². The molecule has 1 atom stereocenters. The van der Waals surface area contributed by atoms with E-state index >= 15 is 0 Å². The van der Waals surface area contributed by atoms with E-state index in [4.69, 9.17) is 4.74 Å². The minimum atomic E-state index is -0.547. The maximum Gasteiger partial charge on any atom is 0.263 e. The lowest BCUT2D eigenvalue weighted by molar-refractivity contribution is -0.139. The number of benzene rings is 2. The fourth-order valence-electron chi connectivity index (χ4n) is 3.02. The number of carbonyl (C=O) groups excluding carboxylic acids is 2. The molecule has 0 N–H and O–H groups in total. The van der Waals surface area contributed by atoms with Crippen LogP contribution in [-0.4, -0.2) is 53.9 Å². The topological polar surface area (TPSA) is 49.9 Å². The highest BCUT2D eigenvalue weighted by Crippen LogP contribution is 2.15. The largest absolute Gasteiger partial charge is 0.481 e. The SMILES string of the molecule is Cc1ccc(OC(C)C(=O)N2CCN(C(=O)c3ccccc3)CC2)cc1. The lowest BCUT2D eigenvalue weighted by Gasteiger charge is -2.36. The Labute approximate surface area is 154 Å². The summed E-state index contributed by atoms with van der Waals surface area (Å²) >= 11 is 0. The van der Waals surface area contributed by atoms with E-state index in [1.54, 1.807) is 16.7 Å². The third kappa shape index (κ3) is 4.23. The Morgan fingerprint density at radius 2 is 1.46 bits per heavy atom. The first-order valence-corrected chi connectivity index (χ1v) is 8.91. The summed E-state index contributed by atoms with van der Waals surface area (Å²) in [6, 6.07) is 16.9. The quantitative estimate of drug-likeness (QED) is 0.850. The molecule has 0 radical (unpaired) electrons. The molecule has 26 heavy (non-hydrogen) atoms. The van der Waals surface area contributed by atoms with Crippen molar-refractivity contribution in [3.8, 4) is 5.75 Å². The van der Waals surface area contributed by atoms with Crippen LogP contribution in [0.25, 0.3) is 0 Å². The molecule has 1 fully saturated rings. The van der Waals surface area contributed by atoms with E-state index in [0.29, 0.717) is 37.5 Å². The van der Waals surface area contributed by atoms with Crippen LogP contribution in [0.2, 0.25) is 0 Å². The van der Waals surface area contributed by atoms with Crippen LogP contribution in [0.1, 0.15) is 22.8 Å². The average molecular weight is 352 g/mol. The molecule has 0 bridgehead atoms.